The maximum Gasteiger partial charge on any atom is 0.286 e. The van der Waals surface area contributed by atoms with Gasteiger partial charge in [-0.2, -0.15) is 0 Å². The van der Waals surface area contributed by atoms with E-state index in [0.717, 1.165) is 11.3 Å². The van der Waals surface area contributed by atoms with Gasteiger partial charge in [0.2, 0.25) is 10.8 Å². The summed E-state index contributed by atoms with van der Waals surface area (Å²) >= 11 is 7.41. The fourth-order valence-corrected chi connectivity index (χ4v) is 3.25. The van der Waals surface area contributed by atoms with Crippen molar-refractivity contribution in [2.75, 3.05) is 19.5 Å². The first-order valence-corrected chi connectivity index (χ1v) is 9.23. The molecule has 0 aliphatic rings. The Kier molecular flexibility index (Phi) is 6.13. The Morgan fingerprint density at radius 1 is 1.11 bits per heavy atom. The number of phenolic OH excluding ortho intramolecular Hbond substituents is 1. The number of ether oxygens (including phenoxy) is 2. The van der Waals surface area contributed by atoms with E-state index in [-0.39, 0.29) is 33.2 Å². The molecule has 0 bridgehead atoms. The molecule has 0 aliphatic carbocycles. The number of para-hydroxylation sites is 1. The summed E-state index contributed by atoms with van der Waals surface area (Å²) in [5, 5.41) is 21.4. The van der Waals surface area contributed by atoms with E-state index in [1.165, 1.54) is 14.2 Å². The van der Waals surface area contributed by atoms with Crippen molar-refractivity contribution < 1.29 is 19.4 Å². The molecule has 2 N–H and O–H groups in total. The number of nitrogens with one attached hydrogen (secondary N) is 1. The van der Waals surface area contributed by atoms with Gasteiger partial charge in [-0.25, -0.2) is 0 Å². The summed E-state index contributed by atoms with van der Waals surface area (Å²) in [5.74, 6) is 0.0203. The number of hydrogen-bond acceptors (Lipinski definition) is 7. The van der Waals surface area contributed by atoms with Gasteiger partial charge < -0.3 is 19.9 Å². The van der Waals surface area contributed by atoms with Crippen LogP contribution in [0.15, 0.2) is 42.5 Å². The van der Waals surface area contributed by atoms with Crippen molar-refractivity contribution in [1.29, 1.82) is 0 Å². The molecule has 3 rings (SSSR count). The van der Waals surface area contributed by atoms with Crippen LogP contribution in [0.25, 0.3) is 11.1 Å². The number of hydrogen-bond donors (Lipinski definition) is 2. The lowest BCUT2D eigenvalue weighted by Gasteiger charge is -2.09. The highest BCUT2D eigenvalue weighted by molar-refractivity contribution is 7.15. The number of phenols is 1. The maximum atomic E-state index is 12.3. The zero-order chi connectivity index (χ0) is 20.1. The molecule has 7 nitrogen and oxygen atoms in total. The highest BCUT2D eigenvalue weighted by Gasteiger charge is 2.16. The molecule has 0 atom stereocenters. The summed E-state index contributed by atoms with van der Waals surface area (Å²) in [6.07, 6.45) is 1.62. The fraction of sp³-hybridized carbons (Fsp3) is 0.105. The van der Waals surface area contributed by atoms with Crippen LogP contribution in [0.1, 0.15) is 20.4 Å². The normalized spacial score (nSPS) is 11.2. The van der Waals surface area contributed by atoms with E-state index < -0.39 is 0 Å². The lowest BCUT2D eigenvalue weighted by Crippen LogP contribution is -2.11. The third-order valence-corrected chi connectivity index (χ3v) is 5.01. The summed E-state index contributed by atoms with van der Waals surface area (Å²) in [7, 11) is 2.87. The highest BCUT2D eigenvalue weighted by Crippen LogP contribution is 2.38. The van der Waals surface area contributed by atoms with Crippen LogP contribution in [0, 0.1) is 0 Å². The zero-order valence-corrected chi connectivity index (χ0v) is 16.5. The van der Waals surface area contributed by atoms with Crippen LogP contribution in [0.4, 0.5) is 5.69 Å². The molecule has 28 heavy (non-hydrogen) atoms. The van der Waals surface area contributed by atoms with Gasteiger partial charge in [-0.1, -0.05) is 41.1 Å². The third kappa shape index (κ3) is 4.41. The van der Waals surface area contributed by atoms with Crippen molar-refractivity contribution in [1.82, 2.24) is 10.2 Å². The van der Waals surface area contributed by atoms with E-state index >= 15 is 0 Å². The Hall–Kier alpha value is -3.10. The molecule has 2 aromatic carbocycles. The summed E-state index contributed by atoms with van der Waals surface area (Å²) in [6.45, 7) is 0. The smallest absolute Gasteiger partial charge is 0.286 e. The number of rotatable bonds is 6. The summed E-state index contributed by atoms with van der Waals surface area (Å²) in [4.78, 5) is 12.3. The largest absolute Gasteiger partial charge is 0.502 e. The first kappa shape index (κ1) is 19.7. The van der Waals surface area contributed by atoms with E-state index in [1.807, 2.05) is 18.2 Å². The monoisotopic (exact) mass is 417 g/mol. The van der Waals surface area contributed by atoms with Gasteiger partial charge in [-0.05, 0) is 35.9 Å². The van der Waals surface area contributed by atoms with Crippen LogP contribution < -0.4 is 14.8 Å². The quantitative estimate of drug-likeness (QED) is 0.622. The first-order valence-electron chi connectivity index (χ1n) is 8.04. The Balaban J connectivity index is 1.82. The lowest BCUT2D eigenvalue weighted by atomic mass is 10.1. The topological polar surface area (TPSA) is 93.6 Å². The van der Waals surface area contributed by atoms with Crippen LogP contribution >= 0.6 is 22.9 Å². The van der Waals surface area contributed by atoms with Crippen molar-refractivity contribution in [3.63, 3.8) is 0 Å². The standard InChI is InChI=1S/C19H16ClN3O4S/c1-26-14-9-11(10-15(27-2)16(14)24)8-13(20)18-22-23-19(28-18)17(25)21-12-6-4-3-5-7-12/h3-10,24H,1-2H3,(H,21,25)/b13-8-. The van der Waals surface area contributed by atoms with Gasteiger partial charge in [0, 0.05) is 5.69 Å². The first-order chi connectivity index (χ1) is 13.5. The molecule has 1 amide bonds. The molecule has 9 heteroatoms. The Labute approximate surface area is 170 Å². The number of methoxy groups -OCH3 is 2. The van der Waals surface area contributed by atoms with Crippen LogP contribution in [0.5, 0.6) is 17.2 Å². The molecule has 0 unspecified atom stereocenters. The number of carbonyl (C=O) groups is 1. The van der Waals surface area contributed by atoms with E-state index in [0.29, 0.717) is 16.3 Å². The van der Waals surface area contributed by atoms with Gasteiger partial charge in [-0.15, -0.1) is 10.2 Å². The number of nitrogens with zero attached hydrogens (tertiary/aromatic N) is 2. The molecular formula is C19H16ClN3O4S. The van der Waals surface area contributed by atoms with E-state index in [1.54, 1.807) is 30.3 Å². The van der Waals surface area contributed by atoms with Gasteiger partial charge in [0.05, 0.1) is 19.3 Å². The molecular weight excluding hydrogens is 402 g/mol. The molecule has 144 valence electrons. The fourth-order valence-electron chi connectivity index (χ4n) is 2.32. The maximum absolute atomic E-state index is 12.3. The van der Waals surface area contributed by atoms with Crippen LogP contribution in [0.3, 0.4) is 0 Å². The predicted octanol–water partition coefficient (Wildman–Crippen LogP) is 4.25. The molecule has 3 aromatic rings. The van der Waals surface area contributed by atoms with Crippen molar-refractivity contribution in [2.45, 2.75) is 0 Å². The summed E-state index contributed by atoms with van der Waals surface area (Å²) in [6, 6.07) is 12.3. The number of aromatic hydroxyl groups is 1. The van der Waals surface area contributed by atoms with Crippen LogP contribution in [-0.4, -0.2) is 35.4 Å². The minimum absolute atomic E-state index is 0.103. The Morgan fingerprint density at radius 3 is 2.32 bits per heavy atom. The second-order valence-corrected chi connectivity index (χ2v) is 6.88. The Morgan fingerprint density at radius 2 is 1.71 bits per heavy atom. The molecule has 1 heterocycles. The minimum atomic E-state index is -0.368. The van der Waals surface area contributed by atoms with Crippen LogP contribution in [-0.2, 0) is 0 Å². The molecule has 0 aliphatic heterocycles. The predicted molar refractivity (Wildman–Crippen MR) is 109 cm³/mol. The number of aromatic nitrogens is 2. The SMILES string of the molecule is COc1cc(/C=C(\Cl)c2nnc(C(=O)Nc3ccccc3)s2)cc(OC)c1O. The molecule has 0 fully saturated rings. The molecule has 0 radical (unpaired) electrons. The molecule has 0 saturated carbocycles. The average molecular weight is 418 g/mol. The highest BCUT2D eigenvalue weighted by atomic mass is 35.5. The van der Waals surface area contributed by atoms with E-state index in [4.69, 9.17) is 21.1 Å². The molecule has 0 saturated heterocycles. The van der Waals surface area contributed by atoms with Crippen molar-refractivity contribution in [2.24, 2.45) is 0 Å². The number of anilines is 1. The number of benzene rings is 2. The molecule has 1 aromatic heterocycles. The van der Waals surface area contributed by atoms with E-state index in [9.17, 15) is 9.90 Å². The summed E-state index contributed by atoms with van der Waals surface area (Å²) < 4.78 is 10.3. The zero-order valence-electron chi connectivity index (χ0n) is 15.0. The van der Waals surface area contributed by atoms with Crippen molar-refractivity contribution in [3.8, 4) is 17.2 Å². The minimum Gasteiger partial charge on any atom is -0.502 e. The van der Waals surface area contributed by atoms with Gasteiger partial charge in [0.25, 0.3) is 5.91 Å². The van der Waals surface area contributed by atoms with Gasteiger partial charge in [0.1, 0.15) is 0 Å². The second-order valence-electron chi connectivity index (χ2n) is 5.50. The third-order valence-electron chi connectivity index (χ3n) is 3.65. The average Bonchev–Trinajstić information content (AvgIpc) is 3.20. The van der Waals surface area contributed by atoms with Crippen LogP contribution in [0.2, 0.25) is 0 Å². The second kappa shape index (κ2) is 8.73. The van der Waals surface area contributed by atoms with Gasteiger partial charge in [0.15, 0.2) is 16.5 Å². The van der Waals surface area contributed by atoms with Crippen molar-refractivity contribution in [3.05, 3.63) is 58.0 Å². The van der Waals surface area contributed by atoms with Crippen molar-refractivity contribution >= 4 is 45.6 Å². The molecule has 0 spiro atoms. The Bertz CT molecular complexity index is 996. The summed E-state index contributed by atoms with van der Waals surface area (Å²) in [5.41, 5.74) is 1.29. The number of halogens is 1. The number of amides is 1. The van der Waals surface area contributed by atoms with E-state index in [2.05, 4.69) is 15.5 Å². The van der Waals surface area contributed by atoms with Gasteiger partial charge >= 0.3 is 0 Å². The van der Waals surface area contributed by atoms with Gasteiger partial charge in [-0.3, -0.25) is 4.79 Å². The lowest BCUT2D eigenvalue weighted by molar-refractivity contribution is 0.102. The number of carbonyl (C=O) groups excluding carboxylic acids is 1.